The van der Waals surface area contributed by atoms with Crippen LogP contribution in [-0.4, -0.2) is 67.8 Å². The van der Waals surface area contributed by atoms with Crippen molar-refractivity contribution in [3.8, 4) is 5.75 Å². The summed E-state index contributed by atoms with van der Waals surface area (Å²) >= 11 is 3.53. The summed E-state index contributed by atoms with van der Waals surface area (Å²) in [5.74, 6) is -0.393. The zero-order chi connectivity index (χ0) is 28.4. The van der Waals surface area contributed by atoms with Crippen molar-refractivity contribution in [3.05, 3.63) is 64.1 Å². The van der Waals surface area contributed by atoms with E-state index in [1.54, 1.807) is 25.1 Å². The highest BCUT2D eigenvalue weighted by atomic mass is 79.9. The first-order valence-electron chi connectivity index (χ1n) is 13.7. The van der Waals surface area contributed by atoms with E-state index in [4.69, 9.17) is 14.2 Å². The van der Waals surface area contributed by atoms with E-state index >= 15 is 4.39 Å². The number of fused-ring (bicyclic) bond motifs is 2. The van der Waals surface area contributed by atoms with E-state index in [1.807, 2.05) is 37.3 Å². The van der Waals surface area contributed by atoms with Gasteiger partial charge >= 0.3 is 0 Å². The molecule has 0 radical (unpaired) electrons. The molecule has 1 aliphatic carbocycles. The van der Waals surface area contributed by atoms with Gasteiger partial charge in [-0.25, -0.2) is 4.39 Å². The molecule has 2 aliphatic heterocycles. The van der Waals surface area contributed by atoms with Crippen LogP contribution in [0.1, 0.15) is 38.2 Å². The smallest absolute Gasteiger partial charge is 0.250 e. The Morgan fingerprint density at radius 2 is 2.05 bits per heavy atom. The van der Waals surface area contributed by atoms with Gasteiger partial charge in [0.2, 0.25) is 11.8 Å². The van der Waals surface area contributed by atoms with Crippen LogP contribution in [0.2, 0.25) is 0 Å². The number of hydrogen-bond donors (Lipinski definition) is 2. The lowest BCUT2D eigenvalue weighted by Gasteiger charge is -2.42. The third-order valence-corrected chi connectivity index (χ3v) is 8.70. The molecular weight excluding hydrogens is 581 g/mol. The monoisotopic (exact) mass is 615 g/mol. The maximum absolute atomic E-state index is 15.5. The molecule has 2 aromatic rings. The summed E-state index contributed by atoms with van der Waals surface area (Å²) in [4.78, 5) is 29.7. The molecule has 40 heavy (non-hydrogen) atoms. The van der Waals surface area contributed by atoms with Crippen LogP contribution in [0.4, 0.5) is 4.39 Å². The minimum atomic E-state index is -1.14. The number of carbonyl (C=O) groups is 2. The van der Waals surface area contributed by atoms with Gasteiger partial charge in [-0.1, -0.05) is 41.1 Å². The molecule has 3 aliphatic rings. The van der Waals surface area contributed by atoms with Crippen LogP contribution in [0.5, 0.6) is 5.75 Å². The number of likely N-dealkylation sites (N-methyl/N-ethyl adjacent to an activating group) is 1. The Kier molecular flexibility index (Phi) is 8.49. The molecule has 1 spiro atoms. The fraction of sp³-hybridized carbons (Fsp3) is 0.467. The van der Waals surface area contributed by atoms with Gasteiger partial charge in [0.05, 0.1) is 39.0 Å². The Balaban J connectivity index is 1.64. The molecule has 3 atom stereocenters. The van der Waals surface area contributed by atoms with Crippen LogP contribution < -0.4 is 15.4 Å². The number of nitrogens with zero attached hydrogens (tertiary/aromatic N) is 1. The maximum atomic E-state index is 15.5. The average Bonchev–Trinajstić information content (AvgIpc) is 3.04. The summed E-state index contributed by atoms with van der Waals surface area (Å²) in [6, 6.07) is 7.56. The van der Waals surface area contributed by atoms with Crippen LogP contribution in [-0.2, 0) is 25.6 Å². The number of methoxy groups -OCH3 is 1. The second kappa shape index (κ2) is 11.9. The molecule has 0 saturated carbocycles. The first-order chi connectivity index (χ1) is 19.3. The predicted molar refractivity (Wildman–Crippen MR) is 153 cm³/mol. The lowest BCUT2D eigenvalue weighted by Crippen LogP contribution is -2.63. The lowest BCUT2D eigenvalue weighted by atomic mass is 9.84. The highest BCUT2D eigenvalue weighted by Crippen LogP contribution is 2.42. The minimum Gasteiger partial charge on any atom is -0.496 e. The minimum absolute atomic E-state index is 0.122. The summed E-state index contributed by atoms with van der Waals surface area (Å²) in [6.07, 6.45) is 4.71. The number of rotatable bonds is 7. The van der Waals surface area contributed by atoms with E-state index in [0.29, 0.717) is 44.6 Å². The molecule has 2 N–H and O–H groups in total. The van der Waals surface area contributed by atoms with Gasteiger partial charge in [0.25, 0.3) is 0 Å². The van der Waals surface area contributed by atoms with Crippen LogP contribution in [0.25, 0.3) is 10.8 Å². The van der Waals surface area contributed by atoms with Gasteiger partial charge in [0, 0.05) is 22.9 Å². The van der Waals surface area contributed by atoms with Gasteiger partial charge in [0.15, 0.2) is 11.6 Å². The Bertz CT molecular complexity index is 1350. The van der Waals surface area contributed by atoms with Gasteiger partial charge in [-0.05, 0) is 54.9 Å². The second-order valence-electron chi connectivity index (χ2n) is 10.4. The van der Waals surface area contributed by atoms with E-state index < -0.39 is 29.6 Å². The third kappa shape index (κ3) is 5.24. The topological polar surface area (TPSA) is 89.1 Å². The summed E-state index contributed by atoms with van der Waals surface area (Å²) in [7, 11) is 3.30. The van der Waals surface area contributed by atoms with Crippen molar-refractivity contribution < 1.29 is 28.2 Å². The Labute approximate surface area is 242 Å². The van der Waals surface area contributed by atoms with Gasteiger partial charge in [-0.15, -0.1) is 0 Å². The van der Waals surface area contributed by atoms with Crippen molar-refractivity contribution in [1.29, 1.82) is 0 Å². The Hall–Kier alpha value is -2.95. The zero-order valence-electron chi connectivity index (χ0n) is 23.0. The van der Waals surface area contributed by atoms with Crippen molar-refractivity contribution in [2.24, 2.45) is 0 Å². The van der Waals surface area contributed by atoms with Crippen molar-refractivity contribution in [2.45, 2.75) is 62.9 Å². The lowest BCUT2D eigenvalue weighted by molar-refractivity contribution is -0.148. The first kappa shape index (κ1) is 28.6. The Morgan fingerprint density at radius 1 is 1.27 bits per heavy atom. The van der Waals surface area contributed by atoms with E-state index in [0.717, 1.165) is 20.8 Å². The maximum Gasteiger partial charge on any atom is 0.250 e. The highest BCUT2D eigenvalue weighted by molar-refractivity contribution is 9.10. The number of benzene rings is 2. The predicted octanol–water partition coefficient (Wildman–Crippen LogP) is 4.51. The SMILES string of the molecule is CC[C@H](NC)C(=O)N[C@@H]1C(=O)N(Cc2c(OC)ccc3cc(Br)ccc23)C2CC=CC(F)=C2OC12CCOCC2. The van der Waals surface area contributed by atoms with Crippen molar-refractivity contribution in [2.75, 3.05) is 27.4 Å². The third-order valence-electron chi connectivity index (χ3n) is 8.20. The number of hydrogen-bond acceptors (Lipinski definition) is 6. The number of amides is 2. The number of carbonyl (C=O) groups excluding carboxylic acids is 2. The summed E-state index contributed by atoms with van der Waals surface area (Å²) in [5, 5.41) is 7.91. The molecule has 1 unspecified atom stereocenters. The molecule has 2 saturated heterocycles. The summed E-state index contributed by atoms with van der Waals surface area (Å²) < 4.78 is 34.4. The number of ether oxygens (including phenoxy) is 3. The fourth-order valence-electron chi connectivity index (χ4n) is 5.98. The van der Waals surface area contributed by atoms with Crippen LogP contribution in [0.3, 0.4) is 0 Å². The van der Waals surface area contributed by atoms with Crippen molar-refractivity contribution in [1.82, 2.24) is 15.5 Å². The van der Waals surface area contributed by atoms with E-state index in [-0.39, 0.29) is 24.1 Å². The number of halogens is 2. The number of allylic oxidation sites excluding steroid dienone is 2. The molecule has 2 amide bonds. The molecule has 214 valence electrons. The van der Waals surface area contributed by atoms with Gasteiger partial charge in [-0.2, -0.15) is 0 Å². The van der Waals surface area contributed by atoms with Crippen LogP contribution >= 0.6 is 15.9 Å². The standard InChI is InChI=1S/C30H35BrFN3O5/c1-4-23(33-2)28(36)34-27-29(37)35(17-21-20-10-9-19(31)16-18(20)8-11-25(21)38-3)24-7-5-6-22(32)26(24)40-30(27)12-14-39-15-13-30/h5-6,8-11,16,23-24,27,33H,4,7,12-15,17H2,1-3H3,(H,34,36)/t23-,24?,27+/m0/s1. The Morgan fingerprint density at radius 3 is 2.75 bits per heavy atom. The first-order valence-corrected chi connectivity index (χ1v) is 14.5. The summed E-state index contributed by atoms with van der Waals surface area (Å²) in [6.45, 7) is 2.71. The highest BCUT2D eigenvalue weighted by Gasteiger charge is 2.54. The van der Waals surface area contributed by atoms with Crippen LogP contribution in [0, 0.1) is 0 Å². The van der Waals surface area contributed by atoms with Crippen LogP contribution in [0.15, 0.2) is 58.5 Å². The van der Waals surface area contributed by atoms with Crippen molar-refractivity contribution >= 4 is 38.5 Å². The van der Waals surface area contributed by atoms with Gasteiger partial charge in [0.1, 0.15) is 17.4 Å². The molecule has 2 fully saturated rings. The largest absolute Gasteiger partial charge is 0.496 e. The quantitative estimate of drug-likeness (QED) is 0.476. The number of nitrogens with one attached hydrogen (secondary N) is 2. The van der Waals surface area contributed by atoms with Gasteiger partial charge < -0.3 is 29.7 Å². The average molecular weight is 617 g/mol. The van der Waals surface area contributed by atoms with Gasteiger partial charge in [-0.3, -0.25) is 9.59 Å². The van der Waals surface area contributed by atoms with Crippen molar-refractivity contribution in [3.63, 3.8) is 0 Å². The molecule has 0 bridgehead atoms. The molecular formula is C30H35BrFN3O5. The molecule has 5 rings (SSSR count). The molecule has 2 aromatic carbocycles. The van der Waals surface area contributed by atoms with E-state index in [2.05, 4.69) is 26.6 Å². The summed E-state index contributed by atoms with van der Waals surface area (Å²) in [5.41, 5.74) is -0.347. The zero-order valence-corrected chi connectivity index (χ0v) is 24.6. The normalized spacial score (nSPS) is 23.0. The molecule has 8 nitrogen and oxygen atoms in total. The fourth-order valence-corrected chi connectivity index (χ4v) is 6.36. The second-order valence-corrected chi connectivity index (χ2v) is 11.3. The van der Waals surface area contributed by atoms with E-state index in [1.165, 1.54) is 6.08 Å². The molecule has 2 heterocycles. The molecule has 10 heteroatoms. The molecule has 0 aromatic heterocycles. The van der Waals surface area contributed by atoms with E-state index in [9.17, 15) is 9.59 Å².